The zero-order chi connectivity index (χ0) is 23.9. The molecule has 1 aromatic carbocycles. The summed E-state index contributed by atoms with van der Waals surface area (Å²) in [7, 11) is 1.98. The first kappa shape index (κ1) is 20.8. The zero-order valence-corrected chi connectivity index (χ0v) is 20.7. The Morgan fingerprint density at radius 1 is 1.15 bits per heavy atom. The quantitative estimate of drug-likeness (QED) is 0.638. The number of piperidine rings is 2. The number of piperazine rings is 1. The number of fused-ring (bicyclic) bond motifs is 5. The summed E-state index contributed by atoms with van der Waals surface area (Å²) in [6, 6.07) is 4.00. The highest BCUT2D eigenvalue weighted by Gasteiger charge is 2.79. The average molecular weight is 464 g/mol. The second-order valence-electron chi connectivity index (χ2n) is 12.5. The van der Waals surface area contributed by atoms with E-state index in [2.05, 4.69) is 30.1 Å². The summed E-state index contributed by atoms with van der Waals surface area (Å²) >= 11 is 0. The number of carbonyl (C=O) groups excluding carboxylic acids is 2. The van der Waals surface area contributed by atoms with Gasteiger partial charge in [-0.05, 0) is 75.1 Å². The molecular formula is C27H33N3O4. The number of amides is 2. The largest absolute Gasteiger partial charge is 0.480 e. The monoisotopic (exact) mass is 463 g/mol. The molecule has 1 aliphatic carbocycles. The number of benzene rings is 1. The predicted octanol–water partition coefficient (Wildman–Crippen LogP) is 3.44. The third kappa shape index (κ3) is 2.03. The molecule has 0 unspecified atom stereocenters. The van der Waals surface area contributed by atoms with Crippen LogP contribution < -0.4 is 14.8 Å². The maximum atomic E-state index is 14.1. The number of ether oxygens (including phenoxy) is 2. The number of carbonyl (C=O) groups is 2. The lowest BCUT2D eigenvalue weighted by atomic mass is 9.57. The molecule has 4 atom stereocenters. The predicted molar refractivity (Wildman–Crippen MR) is 127 cm³/mol. The summed E-state index contributed by atoms with van der Waals surface area (Å²) in [5, 5.41) is 3.21. The molecule has 4 saturated heterocycles. The van der Waals surface area contributed by atoms with Gasteiger partial charge in [0.25, 0.3) is 0 Å². The normalized spacial score (nSPS) is 40.3. The summed E-state index contributed by atoms with van der Waals surface area (Å²) in [5.74, 6) is 1.71. The summed E-state index contributed by atoms with van der Waals surface area (Å²) in [6.45, 7) is 10.3. The topological polar surface area (TPSA) is 71.1 Å². The molecule has 7 heteroatoms. The summed E-state index contributed by atoms with van der Waals surface area (Å²) in [4.78, 5) is 32.3. The van der Waals surface area contributed by atoms with Crippen molar-refractivity contribution in [2.45, 2.75) is 75.5 Å². The number of likely N-dealkylation sites (N-methyl/N-ethyl adjacent to an activating group) is 1. The van der Waals surface area contributed by atoms with Crippen molar-refractivity contribution in [3.05, 3.63) is 30.0 Å². The van der Waals surface area contributed by atoms with Gasteiger partial charge in [0.2, 0.25) is 11.8 Å². The molecule has 1 saturated carbocycles. The van der Waals surface area contributed by atoms with Gasteiger partial charge < -0.3 is 19.7 Å². The van der Waals surface area contributed by atoms with Crippen LogP contribution in [0.25, 0.3) is 0 Å². The molecule has 2 bridgehead atoms. The van der Waals surface area contributed by atoms with E-state index in [1.165, 1.54) is 0 Å². The molecule has 6 aliphatic heterocycles. The van der Waals surface area contributed by atoms with E-state index in [1.54, 1.807) is 6.26 Å². The van der Waals surface area contributed by atoms with Crippen LogP contribution in [-0.2, 0) is 15.0 Å². The molecule has 1 N–H and O–H groups in total. The highest BCUT2D eigenvalue weighted by molar-refractivity contribution is 6.09. The lowest BCUT2D eigenvalue weighted by molar-refractivity contribution is -0.184. The molecule has 34 heavy (non-hydrogen) atoms. The van der Waals surface area contributed by atoms with Crippen molar-refractivity contribution in [1.29, 1.82) is 0 Å². The van der Waals surface area contributed by atoms with E-state index in [9.17, 15) is 9.59 Å². The van der Waals surface area contributed by atoms with Crippen LogP contribution in [0.1, 0.15) is 58.9 Å². The molecule has 5 fully saturated rings. The first-order chi connectivity index (χ1) is 16.0. The van der Waals surface area contributed by atoms with Crippen molar-refractivity contribution in [3.8, 4) is 11.5 Å². The molecule has 180 valence electrons. The van der Waals surface area contributed by atoms with E-state index in [1.807, 2.05) is 37.9 Å². The fraction of sp³-hybridized carbons (Fsp3) is 0.630. The SMILES string of the molecule is CN1C(=O)[C@@]23CCCN2C[C@@]12C[C@@]1(C(=O)Nc4c1ccc1c4OC=CC(C)(C)O1)C(C)(C)[C@@H]2C3. The zero-order valence-electron chi connectivity index (χ0n) is 20.7. The van der Waals surface area contributed by atoms with Gasteiger partial charge >= 0.3 is 0 Å². The Kier molecular flexibility index (Phi) is 3.55. The second-order valence-corrected chi connectivity index (χ2v) is 12.5. The Morgan fingerprint density at radius 3 is 2.74 bits per heavy atom. The maximum absolute atomic E-state index is 14.1. The van der Waals surface area contributed by atoms with Crippen LogP contribution in [0.3, 0.4) is 0 Å². The van der Waals surface area contributed by atoms with Crippen LogP contribution in [0.2, 0.25) is 0 Å². The molecule has 7 nitrogen and oxygen atoms in total. The van der Waals surface area contributed by atoms with Gasteiger partial charge in [-0.2, -0.15) is 0 Å². The number of rotatable bonds is 0. The Bertz CT molecular complexity index is 1200. The Morgan fingerprint density at radius 2 is 1.94 bits per heavy atom. The molecular weight excluding hydrogens is 430 g/mol. The minimum atomic E-state index is -0.739. The van der Waals surface area contributed by atoms with E-state index in [0.29, 0.717) is 17.9 Å². The highest BCUT2D eigenvalue weighted by Crippen LogP contribution is 2.72. The summed E-state index contributed by atoms with van der Waals surface area (Å²) in [6.07, 6.45) is 7.01. The van der Waals surface area contributed by atoms with Gasteiger partial charge in [-0.15, -0.1) is 0 Å². The number of nitrogens with zero attached hydrogens (tertiary/aromatic N) is 2. The minimum absolute atomic E-state index is 0.0164. The van der Waals surface area contributed by atoms with Crippen LogP contribution >= 0.6 is 0 Å². The maximum Gasteiger partial charge on any atom is 0.243 e. The van der Waals surface area contributed by atoms with Crippen LogP contribution in [-0.4, -0.2) is 58.4 Å². The first-order valence-corrected chi connectivity index (χ1v) is 12.5. The number of anilines is 1. The van der Waals surface area contributed by atoms with Gasteiger partial charge in [0, 0.05) is 13.6 Å². The number of hydrogen-bond acceptors (Lipinski definition) is 5. The van der Waals surface area contributed by atoms with Crippen LogP contribution in [0.4, 0.5) is 5.69 Å². The van der Waals surface area contributed by atoms with E-state index >= 15 is 0 Å². The molecule has 0 aromatic heterocycles. The standard InChI is InChI=1S/C27H33N3O4/c1-23(2)10-12-33-20-17(34-23)8-7-16-19(20)28-21(31)27(16)14-26-15-30-11-6-9-25(30,22(32)29(26)5)13-18(26)24(27,3)4/h7-8,10,12,18H,6,9,11,13-15H2,1-5H3,(H,28,31)/t18-,25-,26+,27+/m0/s1. The van der Waals surface area contributed by atoms with Crippen molar-refractivity contribution in [3.63, 3.8) is 0 Å². The van der Waals surface area contributed by atoms with E-state index in [4.69, 9.17) is 9.47 Å². The number of nitrogens with one attached hydrogen (secondary N) is 1. The van der Waals surface area contributed by atoms with Gasteiger partial charge in [-0.3, -0.25) is 14.5 Å². The van der Waals surface area contributed by atoms with Crippen molar-refractivity contribution in [2.24, 2.45) is 11.3 Å². The van der Waals surface area contributed by atoms with Crippen molar-refractivity contribution in [1.82, 2.24) is 9.80 Å². The van der Waals surface area contributed by atoms with Gasteiger partial charge in [-0.1, -0.05) is 19.9 Å². The van der Waals surface area contributed by atoms with E-state index in [-0.39, 0.29) is 34.2 Å². The van der Waals surface area contributed by atoms with Gasteiger partial charge in [0.05, 0.1) is 22.9 Å². The van der Waals surface area contributed by atoms with Crippen LogP contribution in [0.15, 0.2) is 24.5 Å². The van der Waals surface area contributed by atoms with E-state index in [0.717, 1.165) is 43.6 Å². The van der Waals surface area contributed by atoms with Crippen molar-refractivity contribution < 1.29 is 19.1 Å². The molecule has 1 aromatic rings. The lowest BCUT2D eigenvalue weighted by Crippen LogP contribution is -2.78. The van der Waals surface area contributed by atoms with Crippen molar-refractivity contribution >= 4 is 17.5 Å². The smallest absolute Gasteiger partial charge is 0.243 e. The van der Waals surface area contributed by atoms with Crippen LogP contribution in [0.5, 0.6) is 11.5 Å². The molecule has 7 aliphatic rings. The highest BCUT2D eigenvalue weighted by atomic mass is 16.5. The second kappa shape index (κ2) is 5.81. The Hall–Kier alpha value is -2.54. The van der Waals surface area contributed by atoms with Gasteiger partial charge in [0.1, 0.15) is 11.1 Å². The third-order valence-electron chi connectivity index (χ3n) is 10.4. The minimum Gasteiger partial charge on any atom is -0.480 e. The molecule has 6 heterocycles. The van der Waals surface area contributed by atoms with E-state index < -0.39 is 11.0 Å². The van der Waals surface area contributed by atoms with Crippen LogP contribution in [0, 0.1) is 11.3 Å². The van der Waals surface area contributed by atoms with Gasteiger partial charge in [-0.25, -0.2) is 0 Å². The lowest BCUT2D eigenvalue weighted by Gasteiger charge is -2.64. The van der Waals surface area contributed by atoms with Crippen molar-refractivity contribution in [2.75, 3.05) is 25.5 Å². The summed E-state index contributed by atoms with van der Waals surface area (Å²) < 4.78 is 12.2. The average Bonchev–Trinajstić information content (AvgIpc) is 3.33. The Balaban J connectivity index is 1.42. The molecule has 0 radical (unpaired) electrons. The summed E-state index contributed by atoms with van der Waals surface area (Å²) in [5.41, 5.74) is -0.627. The fourth-order valence-corrected chi connectivity index (χ4v) is 8.74. The molecule has 8 rings (SSSR count). The number of hydrogen-bond donors (Lipinski definition) is 1. The fourth-order valence-electron chi connectivity index (χ4n) is 8.74. The molecule has 2 amide bonds. The third-order valence-corrected chi connectivity index (χ3v) is 10.4. The Labute approximate surface area is 200 Å². The van der Waals surface area contributed by atoms with Gasteiger partial charge in [0.15, 0.2) is 11.5 Å². The first-order valence-electron chi connectivity index (χ1n) is 12.5. The molecule has 3 spiro atoms.